The van der Waals surface area contributed by atoms with Crippen molar-refractivity contribution in [1.82, 2.24) is 14.5 Å². The molecule has 0 saturated carbocycles. The zero-order valence-corrected chi connectivity index (χ0v) is 23.0. The normalized spacial score (nSPS) is 11.7. The van der Waals surface area contributed by atoms with Crippen LogP contribution >= 0.6 is 28.7 Å². The Morgan fingerprint density at radius 1 is 1.11 bits per heavy atom. The van der Waals surface area contributed by atoms with Crippen LogP contribution in [-0.4, -0.2) is 33.9 Å². The number of nitrogen functional groups attached to an aromatic ring is 1. The van der Waals surface area contributed by atoms with Crippen LogP contribution in [0.1, 0.15) is 38.6 Å². The zero-order valence-electron chi connectivity index (χ0n) is 20.4. The highest BCUT2D eigenvalue weighted by atomic mass is 79.9. The van der Waals surface area contributed by atoms with Crippen molar-refractivity contribution >= 4 is 62.6 Å². The molecule has 4 aromatic rings. The Balaban J connectivity index is 0.00000342. The van der Waals surface area contributed by atoms with Crippen LogP contribution in [0, 0.1) is 0 Å². The number of fused-ring (bicyclic) bond motifs is 3. The van der Waals surface area contributed by atoms with Crippen molar-refractivity contribution in [3.8, 4) is 0 Å². The summed E-state index contributed by atoms with van der Waals surface area (Å²) in [7, 11) is 0. The molecule has 35 heavy (non-hydrogen) atoms. The molecule has 0 fully saturated rings. The summed E-state index contributed by atoms with van der Waals surface area (Å²) >= 11 is 1.69. The lowest BCUT2D eigenvalue weighted by molar-refractivity contribution is 0.0742. The predicted octanol–water partition coefficient (Wildman–Crippen LogP) is 6.86. The molecule has 0 spiro atoms. The van der Waals surface area contributed by atoms with Crippen LogP contribution in [0.15, 0.2) is 58.8 Å². The molecule has 4 rings (SSSR count). The van der Waals surface area contributed by atoms with E-state index in [-0.39, 0.29) is 23.1 Å². The summed E-state index contributed by atoms with van der Waals surface area (Å²) in [5.74, 6) is 1.31. The Labute approximate surface area is 221 Å². The molecule has 2 N–H and O–H groups in total. The third-order valence-electron chi connectivity index (χ3n) is 5.43. The van der Waals surface area contributed by atoms with Gasteiger partial charge in [-0.25, -0.2) is 9.97 Å². The van der Waals surface area contributed by atoms with Gasteiger partial charge in [-0.3, -0.25) is 0 Å². The molecular weight excluding hydrogens is 524 g/mol. The summed E-state index contributed by atoms with van der Waals surface area (Å²) in [5, 5.41) is 3.13. The Kier molecular flexibility index (Phi) is 10.2. The van der Waals surface area contributed by atoms with Gasteiger partial charge < -0.3 is 19.8 Å². The van der Waals surface area contributed by atoms with Crippen LogP contribution in [-0.2, 0) is 22.6 Å². The Morgan fingerprint density at radius 2 is 1.91 bits per heavy atom. The van der Waals surface area contributed by atoms with Crippen LogP contribution in [0.5, 0.6) is 0 Å². The SMILES string of the molecule is Br.CCOCc1nc2c(N)nc3cc(/C=C/Sc4ccccc4)ccc3c2n1CCCOC(C)C. The van der Waals surface area contributed by atoms with Gasteiger partial charge in [0, 0.05) is 30.0 Å². The molecule has 0 atom stereocenters. The molecular formula is C27H33BrN4O2S. The molecule has 0 aliphatic rings. The zero-order chi connectivity index (χ0) is 23.9. The molecule has 8 heteroatoms. The second kappa shape index (κ2) is 13.1. The van der Waals surface area contributed by atoms with Crippen LogP contribution in [0.25, 0.3) is 28.0 Å². The van der Waals surface area contributed by atoms with E-state index in [4.69, 9.17) is 20.2 Å². The maximum Gasteiger partial charge on any atom is 0.152 e. The fraction of sp³-hybridized carbons (Fsp3) is 0.333. The van der Waals surface area contributed by atoms with Crippen LogP contribution in [0.4, 0.5) is 5.82 Å². The van der Waals surface area contributed by atoms with Gasteiger partial charge in [0.1, 0.15) is 17.9 Å². The van der Waals surface area contributed by atoms with E-state index >= 15 is 0 Å². The van der Waals surface area contributed by atoms with Crippen molar-refractivity contribution in [2.75, 3.05) is 18.9 Å². The first-order valence-electron chi connectivity index (χ1n) is 11.7. The highest BCUT2D eigenvalue weighted by Crippen LogP contribution is 2.30. The molecule has 0 amide bonds. The smallest absolute Gasteiger partial charge is 0.152 e. The average Bonchev–Trinajstić information content (AvgIpc) is 3.20. The molecule has 0 unspecified atom stereocenters. The number of pyridine rings is 1. The Bertz CT molecular complexity index is 1270. The number of aryl methyl sites for hydroxylation is 1. The molecule has 0 aliphatic heterocycles. The minimum absolute atomic E-state index is 0. The van der Waals surface area contributed by atoms with E-state index in [1.165, 1.54) is 4.90 Å². The van der Waals surface area contributed by atoms with Crippen molar-refractivity contribution in [2.24, 2.45) is 0 Å². The second-order valence-corrected chi connectivity index (χ2v) is 9.27. The number of ether oxygens (including phenoxy) is 2. The maximum atomic E-state index is 6.38. The van der Waals surface area contributed by atoms with E-state index in [9.17, 15) is 0 Å². The van der Waals surface area contributed by atoms with Crippen molar-refractivity contribution in [3.05, 3.63) is 65.3 Å². The predicted molar refractivity (Wildman–Crippen MR) is 152 cm³/mol. The fourth-order valence-corrected chi connectivity index (χ4v) is 4.55. The monoisotopic (exact) mass is 556 g/mol. The molecule has 2 aromatic carbocycles. The minimum atomic E-state index is 0. The van der Waals surface area contributed by atoms with Crippen molar-refractivity contribution in [3.63, 3.8) is 0 Å². The molecule has 2 aromatic heterocycles. The molecule has 2 heterocycles. The Morgan fingerprint density at radius 3 is 2.66 bits per heavy atom. The van der Waals surface area contributed by atoms with E-state index in [0.29, 0.717) is 25.6 Å². The van der Waals surface area contributed by atoms with Crippen LogP contribution < -0.4 is 5.73 Å². The number of halogens is 1. The van der Waals surface area contributed by atoms with Gasteiger partial charge in [-0.1, -0.05) is 42.1 Å². The lowest BCUT2D eigenvalue weighted by Crippen LogP contribution is -2.10. The number of thioether (sulfide) groups is 1. The summed E-state index contributed by atoms with van der Waals surface area (Å²) in [6.07, 6.45) is 3.19. The largest absolute Gasteiger partial charge is 0.382 e. The summed E-state index contributed by atoms with van der Waals surface area (Å²) in [5.41, 5.74) is 10.1. The van der Waals surface area contributed by atoms with Gasteiger partial charge >= 0.3 is 0 Å². The molecule has 6 nitrogen and oxygen atoms in total. The third kappa shape index (κ3) is 6.85. The maximum absolute atomic E-state index is 6.38. The number of imidazole rings is 1. The highest BCUT2D eigenvalue weighted by Gasteiger charge is 2.17. The second-order valence-electron chi connectivity index (χ2n) is 8.29. The van der Waals surface area contributed by atoms with Gasteiger partial charge in [0.2, 0.25) is 0 Å². The average molecular weight is 558 g/mol. The molecule has 0 aliphatic carbocycles. The highest BCUT2D eigenvalue weighted by molar-refractivity contribution is 8.93. The Hall–Kier alpha value is -2.39. The quantitative estimate of drug-likeness (QED) is 0.160. The fourth-order valence-electron chi connectivity index (χ4n) is 3.85. The molecule has 0 saturated heterocycles. The number of hydrogen-bond acceptors (Lipinski definition) is 6. The topological polar surface area (TPSA) is 75.2 Å². The number of nitrogens with zero attached hydrogens (tertiary/aromatic N) is 3. The van der Waals surface area contributed by atoms with Gasteiger partial charge in [0.25, 0.3) is 0 Å². The minimum Gasteiger partial charge on any atom is -0.382 e. The number of hydrogen-bond donors (Lipinski definition) is 1. The summed E-state index contributed by atoms with van der Waals surface area (Å²) in [6.45, 7) is 8.63. The first-order valence-corrected chi connectivity index (χ1v) is 12.6. The number of aromatic nitrogens is 3. The van der Waals surface area contributed by atoms with E-state index in [0.717, 1.165) is 46.3 Å². The summed E-state index contributed by atoms with van der Waals surface area (Å²) in [6, 6.07) is 16.6. The molecule has 0 radical (unpaired) electrons. The van der Waals surface area contributed by atoms with Gasteiger partial charge in [-0.2, -0.15) is 0 Å². The van der Waals surface area contributed by atoms with Crippen LogP contribution in [0.2, 0.25) is 0 Å². The number of nitrogens with two attached hydrogens (primary N) is 1. The number of benzene rings is 2. The lowest BCUT2D eigenvalue weighted by atomic mass is 10.1. The van der Waals surface area contributed by atoms with E-state index in [1.54, 1.807) is 11.8 Å². The van der Waals surface area contributed by atoms with Crippen molar-refractivity contribution in [1.29, 1.82) is 0 Å². The number of rotatable bonds is 11. The summed E-state index contributed by atoms with van der Waals surface area (Å²) < 4.78 is 13.7. The third-order valence-corrected chi connectivity index (χ3v) is 6.24. The summed E-state index contributed by atoms with van der Waals surface area (Å²) in [4.78, 5) is 10.7. The molecule has 186 valence electrons. The first-order chi connectivity index (χ1) is 16.6. The van der Waals surface area contributed by atoms with Crippen LogP contribution in [0.3, 0.4) is 0 Å². The van der Waals surface area contributed by atoms with E-state index in [1.807, 2.05) is 25.1 Å². The van der Waals surface area contributed by atoms with E-state index < -0.39 is 0 Å². The van der Waals surface area contributed by atoms with Gasteiger partial charge in [-0.05, 0) is 62.4 Å². The standard InChI is InChI=1S/C27H32N4O2S.BrH/c1-4-32-18-24-30-25-26(31(24)14-8-15-33-19(2)3)22-12-11-20(17-23(22)29-27(25)28)13-16-34-21-9-6-5-7-10-21;/h5-7,9-13,16-17,19H,4,8,14-15,18H2,1-3H3,(H2,28,29);1H/b16-13+;. The lowest BCUT2D eigenvalue weighted by Gasteiger charge is -2.12. The van der Waals surface area contributed by atoms with E-state index in [2.05, 4.69) is 65.2 Å². The van der Waals surface area contributed by atoms with Gasteiger partial charge in [-0.15, -0.1) is 17.0 Å². The van der Waals surface area contributed by atoms with Crippen molar-refractivity contribution < 1.29 is 9.47 Å². The number of anilines is 1. The first kappa shape index (κ1) is 27.2. The molecule has 0 bridgehead atoms. The van der Waals surface area contributed by atoms with Gasteiger partial charge in [0.05, 0.1) is 17.1 Å². The van der Waals surface area contributed by atoms with Crippen molar-refractivity contribution in [2.45, 2.75) is 51.3 Å². The van der Waals surface area contributed by atoms with Gasteiger partial charge in [0.15, 0.2) is 5.82 Å².